The van der Waals surface area contributed by atoms with Gasteiger partial charge in [0.05, 0.1) is 11.0 Å². The molecule has 2 N–H and O–H groups in total. The van der Waals surface area contributed by atoms with Crippen molar-refractivity contribution in [3.05, 3.63) is 84.4 Å². The fourth-order valence-electron chi connectivity index (χ4n) is 3.51. The van der Waals surface area contributed by atoms with E-state index in [1.807, 2.05) is 24.3 Å². The number of aromatic amines is 1. The summed E-state index contributed by atoms with van der Waals surface area (Å²) in [6, 6.07) is 27.5. The van der Waals surface area contributed by atoms with Gasteiger partial charge in [0.2, 0.25) is 5.95 Å². The molecule has 26 heavy (non-hydrogen) atoms. The zero-order chi connectivity index (χ0) is 16.6. The van der Waals surface area contributed by atoms with Crippen molar-refractivity contribution >= 4 is 50.9 Å². The van der Waals surface area contributed by atoms with E-state index >= 15 is 0 Å². The number of hydrogen-bond donors (Lipinski definition) is 2. The molecule has 0 aliphatic rings. The molecular formula is C22H18ClN3. The van der Waals surface area contributed by atoms with Crippen LogP contribution >= 0.6 is 12.4 Å². The molecule has 0 radical (unpaired) electrons. The minimum atomic E-state index is 0. The van der Waals surface area contributed by atoms with E-state index in [0.29, 0.717) is 0 Å². The summed E-state index contributed by atoms with van der Waals surface area (Å²) in [5, 5.41) is 8.57. The molecule has 1 aromatic heterocycles. The van der Waals surface area contributed by atoms with Crippen molar-refractivity contribution in [2.75, 3.05) is 5.32 Å². The summed E-state index contributed by atoms with van der Waals surface area (Å²) in [6.45, 7) is 0.724. The summed E-state index contributed by atoms with van der Waals surface area (Å²) >= 11 is 0. The molecule has 0 aliphatic heterocycles. The van der Waals surface area contributed by atoms with Gasteiger partial charge < -0.3 is 10.3 Å². The highest BCUT2D eigenvalue weighted by molar-refractivity contribution is 6.02. The van der Waals surface area contributed by atoms with Crippen LogP contribution in [0.2, 0.25) is 0 Å². The van der Waals surface area contributed by atoms with Crippen LogP contribution in [0.4, 0.5) is 5.95 Å². The first-order valence-corrected chi connectivity index (χ1v) is 8.46. The number of nitrogens with one attached hydrogen (secondary N) is 2. The molecule has 0 bridgehead atoms. The number of benzene rings is 4. The Bertz CT molecular complexity index is 1120. The zero-order valence-electron chi connectivity index (χ0n) is 14.1. The van der Waals surface area contributed by atoms with Gasteiger partial charge in [0.15, 0.2) is 0 Å². The molecule has 0 saturated carbocycles. The summed E-state index contributed by atoms with van der Waals surface area (Å²) < 4.78 is 0. The monoisotopic (exact) mass is 359 g/mol. The van der Waals surface area contributed by atoms with E-state index in [9.17, 15) is 0 Å². The predicted octanol–water partition coefficient (Wildman–Crippen LogP) is 5.90. The van der Waals surface area contributed by atoms with Crippen LogP contribution in [0.15, 0.2) is 78.9 Å². The van der Waals surface area contributed by atoms with Crippen LogP contribution in [0, 0.1) is 0 Å². The Morgan fingerprint density at radius 1 is 0.769 bits per heavy atom. The largest absolute Gasteiger partial charge is 0.352 e. The van der Waals surface area contributed by atoms with Crippen LogP contribution in [0.25, 0.3) is 32.6 Å². The van der Waals surface area contributed by atoms with E-state index < -0.39 is 0 Å². The third-order valence-corrected chi connectivity index (χ3v) is 4.70. The fourth-order valence-corrected chi connectivity index (χ4v) is 3.51. The van der Waals surface area contributed by atoms with E-state index in [4.69, 9.17) is 0 Å². The van der Waals surface area contributed by atoms with Crippen LogP contribution in [0.3, 0.4) is 0 Å². The lowest BCUT2D eigenvalue weighted by Crippen LogP contribution is -2.02. The first-order chi connectivity index (χ1) is 12.4. The molecule has 1 heterocycles. The molecular weight excluding hydrogens is 342 g/mol. The molecule has 3 nitrogen and oxygen atoms in total. The van der Waals surface area contributed by atoms with Gasteiger partial charge in [-0.05, 0) is 45.3 Å². The molecule has 0 atom stereocenters. The lowest BCUT2D eigenvalue weighted by atomic mass is 9.97. The second kappa shape index (κ2) is 6.70. The van der Waals surface area contributed by atoms with Gasteiger partial charge in [-0.2, -0.15) is 0 Å². The van der Waals surface area contributed by atoms with E-state index in [-0.39, 0.29) is 12.4 Å². The maximum Gasteiger partial charge on any atom is 0.201 e. The molecule has 5 aromatic rings. The molecule has 128 valence electrons. The maximum atomic E-state index is 4.62. The third kappa shape index (κ3) is 2.76. The summed E-state index contributed by atoms with van der Waals surface area (Å²) in [7, 11) is 0. The van der Waals surface area contributed by atoms with Crippen molar-refractivity contribution in [1.82, 2.24) is 9.97 Å². The SMILES string of the molecule is Cl.c1ccc2c(CNc3nc4ccccc4[nH]3)c3ccccc3cc2c1. The number of rotatable bonds is 3. The Morgan fingerprint density at radius 3 is 2.08 bits per heavy atom. The molecule has 0 unspecified atom stereocenters. The number of H-pyrrole nitrogens is 1. The van der Waals surface area contributed by atoms with Gasteiger partial charge >= 0.3 is 0 Å². The number of imidazole rings is 1. The van der Waals surface area contributed by atoms with Gasteiger partial charge in [-0.15, -0.1) is 12.4 Å². The van der Waals surface area contributed by atoms with Crippen molar-refractivity contribution in [3.8, 4) is 0 Å². The lowest BCUT2D eigenvalue weighted by molar-refractivity contribution is 1.12. The number of hydrogen-bond acceptors (Lipinski definition) is 2. The fraction of sp³-hybridized carbons (Fsp3) is 0.0455. The number of nitrogens with zero attached hydrogens (tertiary/aromatic N) is 1. The quantitative estimate of drug-likeness (QED) is 0.393. The molecule has 0 amide bonds. The molecule has 4 heteroatoms. The van der Waals surface area contributed by atoms with E-state index in [1.165, 1.54) is 27.1 Å². The average molecular weight is 360 g/mol. The van der Waals surface area contributed by atoms with E-state index in [0.717, 1.165) is 23.5 Å². The smallest absolute Gasteiger partial charge is 0.201 e. The van der Waals surface area contributed by atoms with Gasteiger partial charge in [0.25, 0.3) is 0 Å². The zero-order valence-corrected chi connectivity index (χ0v) is 14.9. The van der Waals surface area contributed by atoms with Crippen molar-refractivity contribution in [1.29, 1.82) is 0 Å². The Kier molecular flexibility index (Phi) is 4.23. The Hall–Kier alpha value is -3.04. The number of aromatic nitrogens is 2. The van der Waals surface area contributed by atoms with E-state index in [1.54, 1.807) is 0 Å². The summed E-state index contributed by atoms with van der Waals surface area (Å²) in [5.74, 6) is 0.804. The van der Waals surface area contributed by atoms with Gasteiger partial charge in [-0.25, -0.2) is 4.98 Å². The van der Waals surface area contributed by atoms with Crippen molar-refractivity contribution in [2.45, 2.75) is 6.54 Å². The van der Waals surface area contributed by atoms with Crippen molar-refractivity contribution < 1.29 is 0 Å². The van der Waals surface area contributed by atoms with Gasteiger partial charge in [-0.1, -0.05) is 60.7 Å². The molecule has 4 aromatic carbocycles. The highest BCUT2D eigenvalue weighted by Crippen LogP contribution is 2.29. The van der Waals surface area contributed by atoms with E-state index in [2.05, 4.69) is 69.9 Å². The summed E-state index contributed by atoms with van der Waals surface area (Å²) in [4.78, 5) is 7.96. The number of halogens is 1. The third-order valence-electron chi connectivity index (χ3n) is 4.70. The van der Waals surface area contributed by atoms with Gasteiger partial charge in [0, 0.05) is 6.54 Å². The minimum Gasteiger partial charge on any atom is -0.352 e. The number of para-hydroxylation sites is 2. The normalized spacial score (nSPS) is 10.9. The number of anilines is 1. The van der Waals surface area contributed by atoms with Gasteiger partial charge in [0.1, 0.15) is 0 Å². The predicted molar refractivity (Wildman–Crippen MR) is 112 cm³/mol. The van der Waals surface area contributed by atoms with Gasteiger partial charge in [-0.3, -0.25) is 0 Å². The van der Waals surface area contributed by atoms with Crippen molar-refractivity contribution in [2.24, 2.45) is 0 Å². The second-order valence-corrected chi connectivity index (χ2v) is 6.25. The minimum absolute atomic E-state index is 0. The Balaban J connectivity index is 0.00000168. The summed E-state index contributed by atoms with van der Waals surface area (Å²) in [5.41, 5.74) is 3.33. The molecule has 0 saturated heterocycles. The standard InChI is InChI=1S/C22H17N3.ClH/c1-3-9-17-15(7-1)13-16-8-2-4-10-18(16)19(17)14-23-22-24-20-11-5-6-12-21(20)25-22;/h1-13H,14H2,(H2,23,24,25);1H. The first-order valence-electron chi connectivity index (χ1n) is 8.46. The van der Waals surface area contributed by atoms with Crippen LogP contribution in [0.1, 0.15) is 5.56 Å². The molecule has 5 rings (SSSR count). The molecule has 0 spiro atoms. The van der Waals surface area contributed by atoms with Crippen LogP contribution < -0.4 is 5.32 Å². The molecule has 0 fully saturated rings. The summed E-state index contributed by atoms with van der Waals surface area (Å²) in [6.07, 6.45) is 0. The highest BCUT2D eigenvalue weighted by Gasteiger charge is 2.08. The molecule has 0 aliphatic carbocycles. The maximum absolute atomic E-state index is 4.62. The van der Waals surface area contributed by atoms with Crippen molar-refractivity contribution in [3.63, 3.8) is 0 Å². The Labute approximate surface area is 157 Å². The highest BCUT2D eigenvalue weighted by atomic mass is 35.5. The number of fused-ring (bicyclic) bond motifs is 3. The van der Waals surface area contributed by atoms with Crippen LogP contribution in [-0.2, 0) is 6.54 Å². The lowest BCUT2D eigenvalue weighted by Gasteiger charge is -2.12. The van der Waals surface area contributed by atoms with Crippen LogP contribution in [-0.4, -0.2) is 9.97 Å². The topological polar surface area (TPSA) is 40.7 Å². The van der Waals surface area contributed by atoms with Crippen LogP contribution in [0.5, 0.6) is 0 Å². The second-order valence-electron chi connectivity index (χ2n) is 6.25. The Morgan fingerprint density at radius 2 is 1.38 bits per heavy atom. The average Bonchev–Trinajstić information content (AvgIpc) is 3.08. The first kappa shape index (κ1) is 16.4.